The van der Waals surface area contributed by atoms with Gasteiger partial charge in [-0.3, -0.25) is 4.79 Å². The second-order valence-electron chi connectivity index (χ2n) is 12.2. The van der Waals surface area contributed by atoms with Gasteiger partial charge in [0.2, 0.25) is 0 Å². The minimum absolute atomic E-state index is 0.00157. The van der Waals surface area contributed by atoms with Crippen molar-refractivity contribution in [3.05, 3.63) is 0 Å². The maximum Gasteiger partial charge on any atom is 0.310 e. The van der Waals surface area contributed by atoms with Crippen molar-refractivity contribution in [1.82, 2.24) is 0 Å². The summed E-state index contributed by atoms with van der Waals surface area (Å²) in [7, 11) is 1.54. The van der Waals surface area contributed by atoms with E-state index in [1.54, 1.807) is 7.11 Å². The van der Waals surface area contributed by atoms with Crippen LogP contribution in [0.25, 0.3) is 0 Å². The SMILES string of the molecule is COC(O)C(CC(C)(C)C(C)(C)C(CC(C)(C)C)C(=O)OC(C)(C)C)C(C)C. The Labute approximate surface area is 174 Å². The molecule has 0 spiro atoms. The van der Waals surface area contributed by atoms with E-state index in [1.807, 2.05) is 20.8 Å². The van der Waals surface area contributed by atoms with Crippen LogP contribution < -0.4 is 0 Å². The van der Waals surface area contributed by atoms with Crippen LogP contribution in [-0.4, -0.2) is 30.1 Å². The van der Waals surface area contributed by atoms with Crippen LogP contribution in [0.1, 0.15) is 95.9 Å². The van der Waals surface area contributed by atoms with Crippen LogP contribution in [0.2, 0.25) is 0 Å². The molecule has 0 heterocycles. The first-order chi connectivity index (χ1) is 12.2. The molecular formula is C24H48O4. The molecule has 0 saturated carbocycles. The number of hydrogen-bond donors (Lipinski definition) is 1. The first kappa shape index (κ1) is 27.4. The number of rotatable bonds is 9. The summed E-state index contributed by atoms with van der Waals surface area (Å²) in [5.74, 6) is -0.107. The van der Waals surface area contributed by atoms with Crippen LogP contribution in [0.15, 0.2) is 0 Å². The van der Waals surface area contributed by atoms with Gasteiger partial charge in [-0.1, -0.05) is 62.3 Å². The number of aliphatic hydroxyl groups excluding tert-OH is 1. The fourth-order valence-corrected chi connectivity index (χ4v) is 3.78. The molecule has 0 fully saturated rings. The van der Waals surface area contributed by atoms with Crippen molar-refractivity contribution in [3.63, 3.8) is 0 Å². The summed E-state index contributed by atoms with van der Waals surface area (Å²) in [5.41, 5.74) is -1.06. The van der Waals surface area contributed by atoms with E-state index in [-0.39, 0.29) is 40.0 Å². The molecule has 0 saturated heterocycles. The van der Waals surface area contributed by atoms with Crippen LogP contribution in [0, 0.1) is 34.0 Å². The Morgan fingerprint density at radius 1 is 0.893 bits per heavy atom. The number of esters is 1. The number of ether oxygens (including phenoxy) is 2. The number of methoxy groups -OCH3 is 1. The molecule has 0 aliphatic rings. The highest BCUT2D eigenvalue weighted by molar-refractivity contribution is 5.74. The summed E-state index contributed by atoms with van der Waals surface area (Å²) in [6, 6.07) is 0. The van der Waals surface area contributed by atoms with Crippen LogP contribution in [-0.2, 0) is 14.3 Å². The average molecular weight is 401 g/mol. The zero-order valence-electron chi connectivity index (χ0n) is 20.9. The number of hydrogen-bond acceptors (Lipinski definition) is 4. The Morgan fingerprint density at radius 2 is 1.36 bits per heavy atom. The Hall–Kier alpha value is -0.610. The summed E-state index contributed by atoms with van der Waals surface area (Å²) in [6.07, 6.45) is 0.700. The molecule has 0 radical (unpaired) electrons. The van der Waals surface area contributed by atoms with E-state index in [2.05, 4.69) is 62.3 Å². The molecule has 3 atom stereocenters. The fraction of sp³-hybridized carbons (Fsp3) is 0.958. The van der Waals surface area contributed by atoms with Crippen molar-refractivity contribution >= 4 is 5.97 Å². The highest BCUT2D eigenvalue weighted by Gasteiger charge is 2.50. The lowest BCUT2D eigenvalue weighted by molar-refractivity contribution is -0.173. The second kappa shape index (κ2) is 9.47. The first-order valence-corrected chi connectivity index (χ1v) is 10.7. The minimum Gasteiger partial charge on any atom is -0.460 e. The molecule has 0 aliphatic carbocycles. The maximum absolute atomic E-state index is 13.2. The molecule has 0 aliphatic heterocycles. The predicted octanol–water partition coefficient (Wildman–Crippen LogP) is 6.06. The third-order valence-electron chi connectivity index (χ3n) is 6.33. The van der Waals surface area contributed by atoms with Crippen molar-refractivity contribution < 1.29 is 19.4 Å². The van der Waals surface area contributed by atoms with Crippen LogP contribution in [0.3, 0.4) is 0 Å². The van der Waals surface area contributed by atoms with E-state index in [0.29, 0.717) is 0 Å². The molecule has 0 aromatic rings. The van der Waals surface area contributed by atoms with E-state index in [4.69, 9.17) is 9.47 Å². The van der Waals surface area contributed by atoms with Gasteiger partial charge in [-0.25, -0.2) is 0 Å². The molecule has 0 aromatic carbocycles. The largest absolute Gasteiger partial charge is 0.460 e. The van der Waals surface area contributed by atoms with Gasteiger partial charge in [0, 0.05) is 13.0 Å². The highest BCUT2D eigenvalue weighted by atomic mass is 16.6. The second-order valence-corrected chi connectivity index (χ2v) is 12.2. The molecule has 0 rings (SSSR count). The van der Waals surface area contributed by atoms with Gasteiger partial charge in [-0.05, 0) is 55.8 Å². The quantitative estimate of drug-likeness (QED) is 0.377. The van der Waals surface area contributed by atoms with Gasteiger partial charge in [0.1, 0.15) is 5.60 Å². The number of carbonyl (C=O) groups is 1. The van der Waals surface area contributed by atoms with Crippen molar-refractivity contribution in [3.8, 4) is 0 Å². The normalized spacial score (nSPS) is 17.4. The molecule has 28 heavy (non-hydrogen) atoms. The topological polar surface area (TPSA) is 55.8 Å². The Morgan fingerprint density at radius 3 is 1.68 bits per heavy atom. The molecule has 4 heteroatoms. The van der Waals surface area contributed by atoms with Crippen LogP contribution in [0.5, 0.6) is 0 Å². The molecule has 0 aromatic heterocycles. The zero-order chi connectivity index (χ0) is 22.7. The number of aliphatic hydroxyl groups is 1. The van der Waals surface area contributed by atoms with Crippen LogP contribution >= 0.6 is 0 Å². The molecule has 1 N–H and O–H groups in total. The molecule has 3 unspecified atom stereocenters. The molecule has 0 amide bonds. The van der Waals surface area contributed by atoms with E-state index < -0.39 is 11.9 Å². The summed E-state index contributed by atoms with van der Waals surface area (Å²) in [5, 5.41) is 10.4. The zero-order valence-corrected chi connectivity index (χ0v) is 20.9. The summed E-state index contributed by atoms with van der Waals surface area (Å²) in [4.78, 5) is 13.2. The van der Waals surface area contributed by atoms with E-state index in [1.165, 1.54) is 0 Å². The Kier molecular flexibility index (Phi) is 9.26. The van der Waals surface area contributed by atoms with E-state index in [9.17, 15) is 9.90 Å². The van der Waals surface area contributed by atoms with E-state index in [0.717, 1.165) is 12.8 Å². The van der Waals surface area contributed by atoms with Crippen molar-refractivity contribution in [1.29, 1.82) is 0 Å². The monoisotopic (exact) mass is 400 g/mol. The summed E-state index contributed by atoms with van der Waals surface area (Å²) in [6.45, 7) is 25.2. The van der Waals surface area contributed by atoms with E-state index >= 15 is 0 Å². The molecular weight excluding hydrogens is 352 g/mol. The lowest BCUT2D eigenvalue weighted by Gasteiger charge is -2.50. The summed E-state index contributed by atoms with van der Waals surface area (Å²) >= 11 is 0. The Balaban J connectivity index is 5.96. The molecule has 168 valence electrons. The standard InChI is InChI=1S/C24H48O4/c1-16(2)17(19(25)27-13)14-23(9,10)24(11,12)18(15-21(3,4)5)20(26)28-22(6,7)8/h16-19,25H,14-15H2,1-13H3. The maximum atomic E-state index is 13.2. The van der Waals surface area contributed by atoms with Gasteiger partial charge in [0.15, 0.2) is 6.29 Å². The summed E-state index contributed by atoms with van der Waals surface area (Å²) < 4.78 is 11.1. The third kappa shape index (κ3) is 8.02. The number of carbonyl (C=O) groups excluding carboxylic acids is 1. The van der Waals surface area contributed by atoms with Gasteiger partial charge in [-0.15, -0.1) is 0 Å². The third-order valence-corrected chi connectivity index (χ3v) is 6.33. The van der Waals surface area contributed by atoms with Crippen LogP contribution in [0.4, 0.5) is 0 Å². The molecule has 0 bridgehead atoms. The average Bonchev–Trinajstić information content (AvgIpc) is 2.46. The van der Waals surface area contributed by atoms with Gasteiger partial charge in [0.05, 0.1) is 5.92 Å². The van der Waals surface area contributed by atoms with Gasteiger partial charge < -0.3 is 14.6 Å². The van der Waals surface area contributed by atoms with Gasteiger partial charge >= 0.3 is 5.97 Å². The predicted molar refractivity (Wildman–Crippen MR) is 117 cm³/mol. The molecule has 4 nitrogen and oxygen atoms in total. The lowest BCUT2D eigenvalue weighted by Crippen LogP contribution is -2.48. The van der Waals surface area contributed by atoms with Crippen molar-refractivity contribution in [2.75, 3.05) is 7.11 Å². The highest BCUT2D eigenvalue weighted by Crippen LogP contribution is 2.52. The van der Waals surface area contributed by atoms with Gasteiger partial charge in [-0.2, -0.15) is 0 Å². The smallest absolute Gasteiger partial charge is 0.310 e. The first-order valence-electron chi connectivity index (χ1n) is 10.7. The van der Waals surface area contributed by atoms with Gasteiger partial charge in [0.25, 0.3) is 0 Å². The van der Waals surface area contributed by atoms with Crippen molar-refractivity contribution in [2.45, 2.75) is 108 Å². The minimum atomic E-state index is -0.808. The lowest BCUT2D eigenvalue weighted by atomic mass is 9.55. The Bertz CT molecular complexity index is 492. The van der Waals surface area contributed by atoms with Crippen molar-refractivity contribution in [2.24, 2.45) is 34.0 Å². The fourth-order valence-electron chi connectivity index (χ4n) is 3.78.